The number of halogens is 2. The molecule has 7 nitrogen and oxygen atoms in total. The smallest absolute Gasteiger partial charge is 0.346 e. The Bertz CT molecular complexity index is 1120. The Balaban J connectivity index is 1.55. The maximum Gasteiger partial charge on any atom is 0.346 e. The van der Waals surface area contributed by atoms with Gasteiger partial charge in [-0.3, -0.25) is 4.57 Å². The summed E-state index contributed by atoms with van der Waals surface area (Å²) in [5.41, 5.74) is 6.18. The van der Waals surface area contributed by atoms with Gasteiger partial charge in [0.15, 0.2) is 5.82 Å². The topological polar surface area (TPSA) is 87.1 Å². The molecule has 2 aromatic heterocycles. The normalized spacial score (nSPS) is 13.7. The number of benzene rings is 1. The Morgan fingerprint density at radius 2 is 2.24 bits per heavy atom. The number of nitrogens with one attached hydrogen (secondary N) is 1. The fourth-order valence-electron chi connectivity index (χ4n) is 3.07. The van der Waals surface area contributed by atoms with Crippen molar-refractivity contribution in [3.05, 3.63) is 63.7 Å². The van der Waals surface area contributed by atoms with Gasteiger partial charge in [-0.15, -0.1) is 11.3 Å². The van der Waals surface area contributed by atoms with Gasteiger partial charge in [-0.2, -0.15) is 5.10 Å². The minimum Gasteiger partial charge on any atom is -0.489 e. The number of rotatable bonds is 6. The first-order chi connectivity index (χ1) is 14.1. The number of nitrogens with zero attached hydrogens (tertiary/aromatic N) is 3. The molecule has 3 heterocycles. The van der Waals surface area contributed by atoms with Gasteiger partial charge in [-0.05, 0) is 29.8 Å². The lowest BCUT2D eigenvalue weighted by Crippen LogP contribution is -2.26. The van der Waals surface area contributed by atoms with Gasteiger partial charge >= 0.3 is 5.69 Å². The minimum atomic E-state index is -0.367. The van der Waals surface area contributed by atoms with E-state index in [1.165, 1.54) is 22.2 Å². The molecule has 3 aromatic rings. The summed E-state index contributed by atoms with van der Waals surface area (Å²) in [5, 5.41) is 7.03. The van der Waals surface area contributed by atoms with Crippen LogP contribution in [0, 0.1) is 5.82 Å². The van der Waals surface area contributed by atoms with Crippen molar-refractivity contribution in [1.29, 1.82) is 0 Å². The maximum atomic E-state index is 14.9. The summed E-state index contributed by atoms with van der Waals surface area (Å²) >= 11 is 1.39. The predicted molar refractivity (Wildman–Crippen MR) is 108 cm³/mol. The van der Waals surface area contributed by atoms with Crippen molar-refractivity contribution in [1.82, 2.24) is 14.3 Å². The van der Waals surface area contributed by atoms with Gasteiger partial charge in [0.25, 0.3) is 0 Å². The molecular weight excluding hydrogens is 400 g/mol. The van der Waals surface area contributed by atoms with Crippen LogP contribution < -0.4 is 21.5 Å². The highest BCUT2D eigenvalue weighted by Crippen LogP contribution is 2.38. The summed E-state index contributed by atoms with van der Waals surface area (Å²) in [6.07, 6.45) is 1.79. The maximum absolute atomic E-state index is 14.9. The molecule has 0 aliphatic carbocycles. The van der Waals surface area contributed by atoms with E-state index in [0.717, 1.165) is 14.4 Å². The third kappa shape index (κ3) is 3.81. The number of fused-ring (bicyclic) bond motifs is 1. The first-order valence-electron chi connectivity index (χ1n) is 8.99. The van der Waals surface area contributed by atoms with E-state index in [2.05, 4.69) is 10.4 Å². The largest absolute Gasteiger partial charge is 0.489 e. The number of thiophene rings is 1. The Labute approximate surface area is 169 Å². The Morgan fingerprint density at radius 3 is 3.03 bits per heavy atom. The highest BCUT2D eigenvalue weighted by Gasteiger charge is 2.19. The summed E-state index contributed by atoms with van der Waals surface area (Å²) in [4.78, 5) is 14.0. The van der Waals surface area contributed by atoms with Crippen LogP contribution in [0.15, 0.2) is 47.3 Å². The number of hydrogen-bond acceptors (Lipinski definition) is 6. The molecular formula is C19H19F2N5O2S. The SMILES string of the molecule is NC/C(=C\F)Cn1ncn(Cc2ccc(-c3ccc4c(c3F)NCCO4)s2)c1=O. The van der Waals surface area contributed by atoms with Crippen molar-refractivity contribution >= 4 is 17.0 Å². The fourth-order valence-corrected chi connectivity index (χ4v) is 4.10. The van der Waals surface area contributed by atoms with Gasteiger partial charge < -0.3 is 15.8 Å². The Kier molecular flexibility index (Phi) is 5.45. The van der Waals surface area contributed by atoms with Crippen molar-refractivity contribution in [2.24, 2.45) is 5.73 Å². The minimum absolute atomic E-state index is 0.00390. The van der Waals surface area contributed by atoms with Gasteiger partial charge in [-0.25, -0.2) is 18.3 Å². The zero-order valence-electron chi connectivity index (χ0n) is 15.4. The van der Waals surface area contributed by atoms with Crippen molar-refractivity contribution in [3.8, 4) is 16.2 Å². The summed E-state index contributed by atoms with van der Waals surface area (Å²) in [7, 11) is 0. The van der Waals surface area contributed by atoms with Crippen molar-refractivity contribution < 1.29 is 13.5 Å². The zero-order chi connectivity index (χ0) is 20.4. The number of nitrogens with two attached hydrogens (primary N) is 1. The fraction of sp³-hybridized carbons (Fsp3) is 0.263. The van der Waals surface area contributed by atoms with E-state index in [4.69, 9.17) is 10.5 Å². The highest BCUT2D eigenvalue weighted by atomic mass is 32.1. The van der Waals surface area contributed by atoms with Crippen LogP contribution in [0.5, 0.6) is 5.75 Å². The number of aromatic nitrogens is 3. The third-order valence-electron chi connectivity index (χ3n) is 4.58. The van der Waals surface area contributed by atoms with Crippen molar-refractivity contribution in [2.75, 3.05) is 25.0 Å². The number of hydrogen-bond donors (Lipinski definition) is 2. The van der Waals surface area contributed by atoms with Crippen LogP contribution in [-0.2, 0) is 13.1 Å². The molecule has 0 unspecified atom stereocenters. The first-order valence-corrected chi connectivity index (χ1v) is 9.81. The van der Waals surface area contributed by atoms with E-state index in [1.54, 1.807) is 12.1 Å². The molecule has 10 heteroatoms. The molecule has 1 aliphatic heterocycles. The van der Waals surface area contributed by atoms with Crippen LogP contribution in [0.1, 0.15) is 4.88 Å². The second kappa shape index (κ2) is 8.18. The average molecular weight is 419 g/mol. The quantitative estimate of drug-likeness (QED) is 0.641. The lowest BCUT2D eigenvalue weighted by atomic mass is 10.1. The zero-order valence-corrected chi connectivity index (χ0v) is 16.2. The number of ether oxygens (including phenoxy) is 1. The molecule has 0 radical (unpaired) electrons. The second-order valence-electron chi connectivity index (χ2n) is 6.51. The molecule has 0 spiro atoms. The van der Waals surface area contributed by atoms with Gasteiger partial charge in [0.05, 0.1) is 19.4 Å². The van der Waals surface area contributed by atoms with E-state index >= 15 is 0 Å². The summed E-state index contributed by atoms with van der Waals surface area (Å²) in [5.74, 6) is 0.153. The van der Waals surface area contributed by atoms with E-state index in [1.807, 2.05) is 12.1 Å². The molecule has 0 saturated carbocycles. The van der Waals surface area contributed by atoms with E-state index in [9.17, 15) is 13.6 Å². The molecule has 4 rings (SSSR count). The molecule has 0 bridgehead atoms. The van der Waals surface area contributed by atoms with Crippen molar-refractivity contribution in [3.63, 3.8) is 0 Å². The number of anilines is 1. The molecule has 0 fully saturated rings. The monoisotopic (exact) mass is 419 g/mol. The van der Waals surface area contributed by atoms with Gasteiger partial charge in [0.1, 0.15) is 24.4 Å². The molecule has 29 heavy (non-hydrogen) atoms. The molecule has 1 aromatic carbocycles. The van der Waals surface area contributed by atoms with Crippen LogP contribution in [0.4, 0.5) is 14.5 Å². The van der Waals surface area contributed by atoms with Gasteiger partial charge in [0.2, 0.25) is 0 Å². The second-order valence-corrected chi connectivity index (χ2v) is 7.68. The van der Waals surface area contributed by atoms with Crippen LogP contribution >= 0.6 is 11.3 Å². The van der Waals surface area contributed by atoms with Crippen LogP contribution in [-0.4, -0.2) is 34.0 Å². The van der Waals surface area contributed by atoms with Crippen LogP contribution in [0.3, 0.4) is 0 Å². The Hall–Kier alpha value is -2.98. The molecule has 0 saturated heterocycles. The molecule has 152 valence electrons. The van der Waals surface area contributed by atoms with E-state index < -0.39 is 0 Å². The Morgan fingerprint density at radius 1 is 1.38 bits per heavy atom. The third-order valence-corrected chi connectivity index (χ3v) is 5.69. The van der Waals surface area contributed by atoms with Crippen LogP contribution in [0.25, 0.3) is 10.4 Å². The summed E-state index contributed by atoms with van der Waals surface area (Å²) < 4.78 is 35.6. The van der Waals surface area contributed by atoms with Gasteiger partial charge in [0, 0.05) is 28.4 Å². The lowest BCUT2D eigenvalue weighted by molar-refractivity contribution is 0.321. The predicted octanol–water partition coefficient (Wildman–Crippen LogP) is 2.58. The van der Waals surface area contributed by atoms with Gasteiger partial charge in [-0.1, -0.05) is 0 Å². The average Bonchev–Trinajstić information content (AvgIpc) is 3.34. The molecule has 1 aliphatic rings. The highest BCUT2D eigenvalue weighted by molar-refractivity contribution is 7.15. The van der Waals surface area contributed by atoms with Crippen molar-refractivity contribution in [2.45, 2.75) is 13.1 Å². The summed E-state index contributed by atoms with van der Waals surface area (Å²) in [6, 6.07) is 7.11. The first kappa shape index (κ1) is 19.3. The van der Waals surface area contributed by atoms with E-state index in [-0.39, 0.29) is 36.7 Å². The van der Waals surface area contributed by atoms with E-state index in [0.29, 0.717) is 36.5 Å². The van der Waals surface area contributed by atoms with Crippen LogP contribution in [0.2, 0.25) is 0 Å². The summed E-state index contributed by atoms with van der Waals surface area (Å²) in [6.45, 7) is 1.36. The molecule has 0 amide bonds. The molecule has 3 N–H and O–H groups in total. The lowest BCUT2D eigenvalue weighted by Gasteiger charge is -2.20. The molecule has 0 atom stereocenters. The standard InChI is InChI=1S/C19H19F2N5O2S/c20-7-12(8-22)9-26-19(27)25(11-24-26)10-13-1-4-16(29-13)14-2-3-15-18(17(14)21)23-5-6-28-15/h1-4,7,11,23H,5-6,8-10,22H2/b12-7+.